The zero-order chi connectivity index (χ0) is 14.4. The van der Waals surface area contributed by atoms with Crippen LogP contribution in [-0.2, 0) is 6.54 Å². The van der Waals surface area contributed by atoms with E-state index in [1.807, 2.05) is 11.3 Å². The largest absolute Gasteiger partial charge is 0.320 e. The Bertz CT molecular complexity index is 461. The fourth-order valence-electron chi connectivity index (χ4n) is 2.99. The van der Waals surface area contributed by atoms with E-state index < -0.39 is 0 Å². The number of rotatable bonds is 5. The van der Waals surface area contributed by atoms with Crippen LogP contribution < -0.4 is 5.73 Å². The second-order valence-corrected chi connectivity index (χ2v) is 7.03. The van der Waals surface area contributed by atoms with Gasteiger partial charge in [0.05, 0.1) is 6.54 Å². The Kier molecular flexibility index (Phi) is 6.09. The van der Waals surface area contributed by atoms with Crippen molar-refractivity contribution in [2.24, 2.45) is 11.7 Å². The van der Waals surface area contributed by atoms with Crippen LogP contribution in [0.4, 0.5) is 0 Å². The smallest absolute Gasteiger partial charge is 0.0555 e. The van der Waals surface area contributed by atoms with Crippen molar-refractivity contribution in [2.45, 2.75) is 52.1 Å². The Balaban J connectivity index is 2.08. The first-order chi connectivity index (χ1) is 9.70. The summed E-state index contributed by atoms with van der Waals surface area (Å²) in [5.41, 5.74) is 6.65. The second-order valence-electron chi connectivity index (χ2n) is 6.02. The highest BCUT2D eigenvalue weighted by atomic mass is 32.1. The summed E-state index contributed by atoms with van der Waals surface area (Å²) in [6, 6.07) is 2.90. The van der Waals surface area contributed by atoms with Gasteiger partial charge in [-0.1, -0.05) is 38.5 Å². The van der Waals surface area contributed by atoms with Gasteiger partial charge in [-0.25, -0.2) is 0 Å². The van der Waals surface area contributed by atoms with Crippen molar-refractivity contribution in [3.05, 3.63) is 21.9 Å². The van der Waals surface area contributed by atoms with E-state index in [-0.39, 0.29) is 0 Å². The molecule has 1 aliphatic carbocycles. The molecule has 1 heterocycles. The zero-order valence-corrected chi connectivity index (χ0v) is 13.5. The van der Waals surface area contributed by atoms with E-state index in [1.165, 1.54) is 42.7 Å². The predicted molar refractivity (Wildman–Crippen MR) is 87.8 cm³/mol. The lowest BCUT2D eigenvalue weighted by atomic mass is 10.1. The molecule has 1 saturated carbocycles. The van der Waals surface area contributed by atoms with Crippen LogP contribution in [0.2, 0.25) is 0 Å². The first kappa shape index (κ1) is 15.6. The molecule has 0 aliphatic heterocycles. The number of thiophene rings is 1. The van der Waals surface area contributed by atoms with Crippen LogP contribution >= 0.6 is 11.3 Å². The Labute approximate surface area is 127 Å². The van der Waals surface area contributed by atoms with Gasteiger partial charge in [0.25, 0.3) is 0 Å². The van der Waals surface area contributed by atoms with Gasteiger partial charge < -0.3 is 5.73 Å². The van der Waals surface area contributed by atoms with E-state index >= 15 is 0 Å². The highest BCUT2D eigenvalue weighted by Gasteiger charge is 2.24. The summed E-state index contributed by atoms with van der Waals surface area (Å²) in [6.07, 6.45) is 5.51. The molecule has 2 nitrogen and oxygen atoms in total. The minimum Gasteiger partial charge on any atom is -0.320 e. The SMILES string of the molecule is CC(C)CN(Cc1sccc1C#CCN)C1CCCC1. The van der Waals surface area contributed by atoms with Gasteiger partial charge in [-0.3, -0.25) is 4.90 Å². The lowest BCUT2D eigenvalue weighted by Crippen LogP contribution is -2.35. The van der Waals surface area contributed by atoms with Gasteiger partial charge in [0.15, 0.2) is 0 Å². The molecule has 1 aliphatic rings. The van der Waals surface area contributed by atoms with Crippen LogP contribution in [-0.4, -0.2) is 24.0 Å². The molecule has 1 aromatic rings. The van der Waals surface area contributed by atoms with Gasteiger partial charge in [-0.15, -0.1) is 11.3 Å². The standard InChI is InChI=1S/C17H26N2S/c1-14(2)12-19(16-7-3-4-8-16)13-17-15(6-5-10-18)9-11-20-17/h9,11,14,16H,3-4,7-8,10,12-13,18H2,1-2H3. The molecule has 3 heteroatoms. The Morgan fingerprint density at radius 1 is 1.40 bits per heavy atom. The van der Waals surface area contributed by atoms with Crippen molar-refractivity contribution < 1.29 is 0 Å². The molecule has 0 aromatic carbocycles. The van der Waals surface area contributed by atoms with E-state index in [1.54, 1.807) is 0 Å². The molecule has 0 unspecified atom stereocenters. The summed E-state index contributed by atoms with van der Waals surface area (Å²) in [6.45, 7) is 7.30. The fraction of sp³-hybridized carbons (Fsp3) is 0.647. The molecule has 0 saturated heterocycles. The summed E-state index contributed by atoms with van der Waals surface area (Å²) in [5.74, 6) is 6.91. The summed E-state index contributed by atoms with van der Waals surface area (Å²) in [7, 11) is 0. The monoisotopic (exact) mass is 290 g/mol. The maximum atomic E-state index is 5.48. The van der Waals surface area contributed by atoms with Crippen LogP contribution in [0.1, 0.15) is 50.0 Å². The van der Waals surface area contributed by atoms with Crippen molar-refractivity contribution in [1.29, 1.82) is 0 Å². The third-order valence-electron chi connectivity index (χ3n) is 3.86. The van der Waals surface area contributed by atoms with Gasteiger partial charge in [0.1, 0.15) is 0 Å². The molecule has 0 radical (unpaired) electrons. The Hall–Kier alpha value is -0.820. The van der Waals surface area contributed by atoms with Crippen molar-refractivity contribution in [3.63, 3.8) is 0 Å². The van der Waals surface area contributed by atoms with Crippen LogP contribution in [0.3, 0.4) is 0 Å². The fourth-order valence-corrected chi connectivity index (χ4v) is 3.84. The second kappa shape index (κ2) is 7.83. The van der Waals surface area contributed by atoms with Crippen molar-refractivity contribution >= 4 is 11.3 Å². The molecular weight excluding hydrogens is 264 g/mol. The molecule has 2 N–H and O–H groups in total. The van der Waals surface area contributed by atoms with E-state index in [0.717, 1.165) is 12.6 Å². The number of nitrogens with zero attached hydrogens (tertiary/aromatic N) is 1. The molecule has 0 spiro atoms. The third kappa shape index (κ3) is 4.34. The predicted octanol–water partition coefficient (Wildman–Crippen LogP) is 3.46. The van der Waals surface area contributed by atoms with E-state index in [0.29, 0.717) is 12.5 Å². The van der Waals surface area contributed by atoms with Gasteiger partial charge in [0, 0.05) is 29.6 Å². The van der Waals surface area contributed by atoms with E-state index in [2.05, 4.69) is 42.0 Å². The van der Waals surface area contributed by atoms with Gasteiger partial charge in [-0.05, 0) is 30.2 Å². The Morgan fingerprint density at radius 2 is 2.15 bits per heavy atom. The molecule has 2 rings (SSSR count). The Morgan fingerprint density at radius 3 is 2.80 bits per heavy atom. The van der Waals surface area contributed by atoms with Crippen molar-refractivity contribution in [1.82, 2.24) is 4.90 Å². The highest BCUT2D eigenvalue weighted by Crippen LogP contribution is 2.27. The maximum Gasteiger partial charge on any atom is 0.0555 e. The van der Waals surface area contributed by atoms with Crippen LogP contribution in [0.25, 0.3) is 0 Å². The van der Waals surface area contributed by atoms with Gasteiger partial charge >= 0.3 is 0 Å². The molecule has 1 aromatic heterocycles. The van der Waals surface area contributed by atoms with Gasteiger partial charge in [0.2, 0.25) is 0 Å². The van der Waals surface area contributed by atoms with E-state index in [4.69, 9.17) is 5.73 Å². The molecule has 0 amide bonds. The summed E-state index contributed by atoms with van der Waals surface area (Å²) in [5, 5.41) is 2.15. The molecule has 1 fully saturated rings. The van der Waals surface area contributed by atoms with Crippen LogP contribution in [0, 0.1) is 17.8 Å². The lowest BCUT2D eigenvalue weighted by Gasteiger charge is -2.30. The molecule has 0 bridgehead atoms. The summed E-state index contributed by atoms with van der Waals surface area (Å²) < 4.78 is 0. The molecule has 0 atom stereocenters. The maximum absolute atomic E-state index is 5.48. The first-order valence-electron chi connectivity index (χ1n) is 7.70. The summed E-state index contributed by atoms with van der Waals surface area (Å²) in [4.78, 5) is 4.08. The quantitative estimate of drug-likeness (QED) is 0.842. The average Bonchev–Trinajstić information content (AvgIpc) is 3.06. The van der Waals surface area contributed by atoms with Gasteiger partial charge in [-0.2, -0.15) is 0 Å². The first-order valence-corrected chi connectivity index (χ1v) is 8.58. The minimum atomic E-state index is 0.438. The molecular formula is C17H26N2S. The van der Waals surface area contributed by atoms with E-state index in [9.17, 15) is 0 Å². The van der Waals surface area contributed by atoms with Crippen molar-refractivity contribution in [2.75, 3.05) is 13.1 Å². The zero-order valence-electron chi connectivity index (χ0n) is 12.7. The topological polar surface area (TPSA) is 29.3 Å². The molecule has 110 valence electrons. The number of nitrogens with two attached hydrogens (primary N) is 1. The average molecular weight is 290 g/mol. The van der Waals surface area contributed by atoms with Crippen molar-refractivity contribution in [3.8, 4) is 11.8 Å². The molecule has 20 heavy (non-hydrogen) atoms. The third-order valence-corrected chi connectivity index (χ3v) is 4.76. The summed E-state index contributed by atoms with van der Waals surface area (Å²) >= 11 is 1.83. The normalized spacial score (nSPS) is 15.8. The highest BCUT2D eigenvalue weighted by molar-refractivity contribution is 7.10. The van der Waals surface area contributed by atoms with Crippen LogP contribution in [0.15, 0.2) is 11.4 Å². The van der Waals surface area contributed by atoms with Crippen LogP contribution in [0.5, 0.6) is 0 Å². The number of hydrogen-bond donors (Lipinski definition) is 1. The number of hydrogen-bond acceptors (Lipinski definition) is 3. The minimum absolute atomic E-state index is 0.438. The lowest BCUT2D eigenvalue weighted by molar-refractivity contribution is 0.170.